The molecule has 1 amide bonds. The molecule has 19 heavy (non-hydrogen) atoms. The van der Waals surface area contributed by atoms with Crippen LogP contribution in [-0.4, -0.2) is 30.2 Å². The summed E-state index contributed by atoms with van der Waals surface area (Å²) in [6.45, 7) is 2.74. The van der Waals surface area contributed by atoms with Crippen LogP contribution >= 0.6 is 11.6 Å². The predicted molar refractivity (Wildman–Crippen MR) is 73.7 cm³/mol. The smallest absolute Gasteiger partial charge is 0.226 e. The summed E-state index contributed by atoms with van der Waals surface area (Å²) in [6.07, 6.45) is 0.218. The largest absolute Gasteiger partial charge is 0.409 e. The molecule has 4 N–H and O–H groups in total. The van der Waals surface area contributed by atoms with Crippen molar-refractivity contribution in [3.8, 4) is 0 Å². The number of nitrogens with zero attached hydrogens (tertiary/aromatic N) is 1. The first-order chi connectivity index (χ1) is 9.08. The Morgan fingerprint density at radius 1 is 1.58 bits per heavy atom. The zero-order valence-electron chi connectivity index (χ0n) is 10.5. The number of anilines is 1. The van der Waals surface area contributed by atoms with E-state index in [1.54, 1.807) is 12.1 Å². The number of nitrogens with two attached hydrogens (primary N) is 1. The van der Waals surface area contributed by atoms with E-state index in [2.05, 4.69) is 10.5 Å². The monoisotopic (exact) mass is 285 g/mol. The number of nitrogens with one attached hydrogen (secondary N) is 1. The fourth-order valence-electron chi connectivity index (χ4n) is 1.42. The highest BCUT2D eigenvalue weighted by molar-refractivity contribution is 6.31. The van der Waals surface area contributed by atoms with Crippen LogP contribution in [0.5, 0.6) is 0 Å². The van der Waals surface area contributed by atoms with Crippen molar-refractivity contribution in [2.75, 3.05) is 18.5 Å². The van der Waals surface area contributed by atoms with Gasteiger partial charge in [-0.1, -0.05) is 16.8 Å². The van der Waals surface area contributed by atoms with Crippen LogP contribution < -0.4 is 11.1 Å². The number of oxime groups is 1. The SMILES string of the molecule is CCOCCC(=O)Nc1cc(Cl)ccc1C(N)=NO. The van der Waals surface area contributed by atoms with Crippen LogP contribution in [0, 0.1) is 0 Å². The average molecular weight is 286 g/mol. The maximum atomic E-state index is 11.7. The van der Waals surface area contributed by atoms with E-state index in [4.69, 9.17) is 27.3 Å². The molecule has 0 aliphatic heterocycles. The van der Waals surface area contributed by atoms with Gasteiger partial charge in [-0.15, -0.1) is 0 Å². The molecule has 0 aromatic heterocycles. The van der Waals surface area contributed by atoms with Gasteiger partial charge in [0.1, 0.15) is 0 Å². The number of hydrogen-bond acceptors (Lipinski definition) is 4. The van der Waals surface area contributed by atoms with Crippen molar-refractivity contribution in [2.24, 2.45) is 10.9 Å². The first-order valence-corrected chi connectivity index (χ1v) is 6.11. The Labute approximate surface area is 116 Å². The molecule has 0 fully saturated rings. The quantitative estimate of drug-likeness (QED) is 0.244. The normalized spacial score (nSPS) is 11.4. The molecule has 1 aromatic rings. The minimum Gasteiger partial charge on any atom is -0.409 e. The maximum Gasteiger partial charge on any atom is 0.226 e. The van der Waals surface area contributed by atoms with Crippen molar-refractivity contribution in [3.05, 3.63) is 28.8 Å². The van der Waals surface area contributed by atoms with E-state index in [0.717, 1.165) is 0 Å². The summed E-state index contributed by atoms with van der Waals surface area (Å²) < 4.78 is 5.09. The maximum absolute atomic E-state index is 11.7. The number of amidine groups is 1. The van der Waals surface area contributed by atoms with Crippen LogP contribution in [0.15, 0.2) is 23.4 Å². The number of carbonyl (C=O) groups is 1. The Hall–Kier alpha value is -1.79. The summed E-state index contributed by atoms with van der Waals surface area (Å²) >= 11 is 5.86. The fourth-order valence-corrected chi connectivity index (χ4v) is 1.59. The molecule has 0 saturated heterocycles. The minimum absolute atomic E-state index is 0.100. The fraction of sp³-hybridized carbons (Fsp3) is 0.333. The molecule has 0 bridgehead atoms. The molecule has 0 atom stereocenters. The second-order valence-corrected chi connectivity index (χ2v) is 4.11. The number of halogens is 1. The van der Waals surface area contributed by atoms with Gasteiger partial charge in [0.15, 0.2) is 5.84 Å². The van der Waals surface area contributed by atoms with Crippen molar-refractivity contribution in [1.29, 1.82) is 0 Å². The Morgan fingerprint density at radius 2 is 2.32 bits per heavy atom. The van der Waals surface area contributed by atoms with Gasteiger partial charge < -0.3 is 21.0 Å². The number of carbonyl (C=O) groups excluding carboxylic acids is 1. The van der Waals surface area contributed by atoms with Gasteiger partial charge in [0.25, 0.3) is 0 Å². The van der Waals surface area contributed by atoms with Crippen molar-refractivity contribution in [2.45, 2.75) is 13.3 Å². The van der Waals surface area contributed by atoms with E-state index in [9.17, 15) is 4.79 Å². The highest BCUT2D eigenvalue weighted by Crippen LogP contribution is 2.21. The molecule has 0 radical (unpaired) electrons. The van der Waals surface area contributed by atoms with Gasteiger partial charge in [-0.3, -0.25) is 4.79 Å². The molecular formula is C12H16ClN3O3. The number of benzene rings is 1. The molecule has 0 heterocycles. The third-order valence-corrected chi connectivity index (χ3v) is 2.55. The summed E-state index contributed by atoms with van der Waals surface area (Å²) in [5.74, 6) is -0.334. The molecule has 6 nitrogen and oxygen atoms in total. The molecule has 1 aromatic carbocycles. The summed E-state index contributed by atoms with van der Waals surface area (Å²) in [7, 11) is 0. The van der Waals surface area contributed by atoms with E-state index in [0.29, 0.717) is 29.5 Å². The summed E-state index contributed by atoms with van der Waals surface area (Å²) in [5.41, 5.74) is 6.32. The molecule has 0 saturated carbocycles. The molecule has 0 unspecified atom stereocenters. The Morgan fingerprint density at radius 3 is 2.95 bits per heavy atom. The molecular weight excluding hydrogens is 270 g/mol. The second-order valence-electron chi connectivity index (χ2n) is 3.67. The van der Waals surface area contributed by atoms with Gasteiger partial charge >= 0.3 is 0 Å². The average Bonchev–Trinajstić information content (AvgIpc) is 2.38. The zero-order chi connectivity index (χ0) is 14.3. The Kier molecular flexibility index (Phi) is 6.11. The van der Waals surface area contributed by atoms with E-state index in [1.165, 1.54) is 6.07 Å². The van der Waals surface area contributed by atoms with Crippen LogP contribution in [0.4, 0.5) is 5.69 Å². The minimum atomic E-state index is -0.234. The second kappa shape index (κ2) is 7.60. The lowest BCUT2D eigenvalue weighted by Crippen LogP contribution is -2.20. The van der Waals surface area contributed by atoms with Gasteiger partial charge in [-0.25, -0.2) is 0 Å². The van der Waals surface area contributed by atoms with Gasteiger partial charge in [0, 0.05) is 17.2 Å². The number of ether oxygens (including phenoxy) is 1. The third-order valence-electron chi connectivity index (χ3n) is 2.32. The first kappa shape index (κ1) is 15.3. The van der Waals surface area contributed by atoms with Crippen LogP contribution in [0.25, 0.3) is 0 Å². The lowest BCUT2D eigenvalue weighted by Gasteiger charge is -2.10. The number of rotatable bonds is 6. The molecule has 0 aliphatic rings. The predicted octanol–water partition coefficient (Wildman–Crippen LogP) is 1.80. The molecule has 1 rings (SSSR count). The Balaban J connectivity index is 2.81. The van der Waals surface area contributed by atoms with Crippen LogP contribution in [0.2, 0.25) is 5.02 Å². The third kappa shape index (κ3) is 4.76. The summed E-state index contributed by atoms with van der Waals surface area (Å²) in [6, 6.07) is 4.69. The van der Waals surface area contributed by atoms with Crippen LogP contribution in [-0.2, 0) is 9.53 Å². The first-order valence-electron chi connectivity index (χ1n) is 5.73. The lowest BCUT2D eigenvalue weighted by molar-refractivity contribution is -0.117. The van der Waals surface area contributed by atoms with Crippen molar-refractivity contribution < 1.29 is 14.7 Å². The van der Waals surface area contributed by atoms with Crippen LogP contribution in [0.1, 0.15) is 18.9 Å². The highest BCUT2D eigenvalue weighted by Gasteiger charge is 2.11. The van der Waals surface area contributed by atoms with Crippen molar-refractivity contribution in [1.82, 2.24) is 0 Å². The molecule has 0 aliphatic carbocycles. The summed E-state index contributed by atoms with van der Waals surface area (Å²) in [4.78, 5) is 11.7. The van der Waals surface area contributed by atoms with Crippen molar-refractivity contribution in [3.63, 3.8) is 0 Å². The van der Waals surface area contributed by atoms with E-state index in [-0.39, 0.29) is 18.2 Å². The van der Waals surface area contributed by atoms with Crippen molar-refractivity contribution >= 4 is 29.0 Å². The van der Waals surface area contributed by atoms with Crippen LogP contribution in [0.3, 0.4) is 0 Å². The van der Waals surface area contributed by atoms with Gasteiger partial charge in [-0.2, -0.15) is 0 Å². The topological polar surface area (TPSA) is 96.9 Å². The number of amides is 1. The zero-order valence-corrected chi connectivity index (χ0v) is 11.3. The summed E-state index contributed by atoms with van der Waals surface area (Å²) in [5, 5.41) is 14.7. The van der Waals surface area contributed by atoms with E-state index < -0.39 is 0 Å². The molecule has 7 heteroatoms. The van der Waals surface area contributed by atoms with E-state index >= 15 is 0 Å². The Bertz CT molecular complexity index is 477. The number of hydrogen-bond donors (Lipinski definition) is 3. The van der Waals surface area contributed by atoms with Gasteiger partial charge in [0.05, 0.1) is 18.7 Å². The van der Waals surface area contributed by atoms with Gasteiger partial charge in [-0.05, 0) is 25.1 Å². The highest BCUT2D eigenvalue weighted by atomic mass is 35.5. The van der Waals surface area contributed by atoms with E-state index in [1.807, 2.05) is 6.92 Å². The van der Waals surface area contributed by atoms with Gasteiger partial charge in [0.2, 0.25) is 5.91 Å². The molecule has 104 valence electrons. The standard InChI is InChI=1S/C12H16ClN3O3/c1-2-19-6-5-11(17)15-10-7-8(13)3-4-9(10)12(14)16-18/h3-4,7,18H,2,5-6H2,1H3,(H2,14,16)(H,15,17). The lowest BCUT2D eigenvalue weighted by atomic mass is 10.1. The molecule has 0 spiro atoms.